The van der Waals surface area contributed by atoms with Crippen molar-refractivity contribution in [3.05, 3.63) is 53.3 Å². The third-order valence-electron chi connectivity index (χ3n) is 8.11. The average Bonchev–Trinajstić information content (AvgIpc) is 2.91. The minimum atomic E-state index is 0.399. The van der Waals surface area contributed by atoms with Crippen LogP contribution < -0.4 is 18.9 Å². The Morgan fingerprint density at radius 3 is 2.29 bits per heavy atom. The Kier molecular flexibility index (Phi) is 6.74. The summed E-state index contributed by atoms with van der Waals surface area (Å²) >= 11 is 0. The summed E-state index contributed by atoms with van der Waals surface area (Å²) < 4.78 is 22.4. The SMILES string of the molecule is CC[C@@H]1CN2CCc3cc(OC)c(OC)cc3[C@@H]2C[C@@H]1Cc1nccc2cc(OC)c(OC)cc12. The van der Waals surface area contributed by atoms with E-state index in [1.807, 2.05) is 6.20 Å². The number of hydrogen-bond acceptors (Lipinski definition) is 6. The van der Waals surface area contributed by atoms with Crippen LogP contribution in [-0.4, -0.2) is 51.4 Å². The van der Waals surface area contributed by atoms with E-state index in [0.717, 1.165) is 71.8 Å². The molecule has 3 atom stereocenters. The van der Waals surface area contributed by atoms with Crippen LogP contribution >= 0.6 is 0 Å². The second-order valence-corrected chi connectivity index (χ2v) is 9.72. The molecule has 3 aromatic rings. The van der Waals surface area contributed by atoms with Crippen LogP contribution in [0.5, 0.6) is 23.0 Å². The Bertz CT molecular complexity index is 1210. The topological polar surface area (TPSA) is 53.1 Å². The van der Waals surface area contributed by atoms with Crippen LogP contribution in [-0.2, 0) is 12.8 Å². The average molecular weight is 477 g/mol. The van der Waals surface area contributed by atoms with Gasteiger partial charge in [0.15, 0.2) is 23.0 Å². The molecule has 35 heavy (non-hydrogen) atoms. The van der Waals surface area contributed by atoms with E-state index in [9.17, 15) is 0 Å². The number of ether oxygens (including phenoxy) is 4. The van der Waals surface area contributed by atoms with E-state index in [1.54, 1.807) is 28.4 Å². The zero-order chi connectivity index (χ0) is 24.5. The van der Waals surface area contributed by atoms with Crippen molar-refractivity contribution in [1.29, 1.82) is 0 Å². The molecule has 0 N–H and O–H groups in total. The monoisotopic (exact) mass is 476 g/mol. The molecule has 2 aromatic carbocycles. The number of hydrogen-bond donors (Lipinski definition) is 0. The zero-order valence-electron chi connectivity index (χ0n) is 21.5. The molecule has 0 amide bonds. The first-order valence-electron chi connectivity index (χ1n) is 12.6. The van der Waals surface area contributed by atoms with Crippen molar-refractivity contribution in [2.45, 2.75) is 38.6 Å². The highest BCUT2D eigenvalue weighted by atomic mass is 16.5. The molecule has 1 aromatic heterocycles. The number of fused-ring (bicyclic) bond motifs is 4. The Balaban J connectivity index is 1.49. The summed E-state index contributed by atoms with van der Waals surface area (Å²) in [6.45, 7) is 4.55. The van der Waals surface area contributed by atoms with E-state index in [4.69, 9.17) is 23.9 Å². The number of pyridine rings is 1. The number of methoxy groups -OCH3 is 4. The van der Waals surface area contributed by atoms with Gasteiger partial charge in [-0.1, -0.05) is 13.3 Å². The van der Waals surface area contributed by atoms with Crippen LogP contribution in [0.25, 0.3) is 10.8 Å². The Labute approximate surface area is 208 Å². The highest BCUT2D eigenvalue weighted by Gasteiger charge is 2.39. The molecule has 0 bridgehead atoms. The van der Waals surface area contributed by atoms with Gasteiger partial charge in [-0.3, -0.25) is 9.88 Å². The van der Waals surface area contributed by atoms with Gasteiger partial charge in [0.1, 0.15) is 0 Å². The van der Waals surface area contributed by atoms with Gasteiger partial charge in [-0.15, -0.1) is 0 Å². The van der Waals surface area contributed by atoms with E-state index in [2.05, 4.69) is 42.2 Å². The van der Waals surface area contributed by atoms with Crippen LogP contribution in [0.15, 0.2) is 36.5 Å². The molecule has 3 heterocycles. The molecule has 0 spiro atoms. The number of rotatable bonds is 7. The van der Waals surface area contributed by atoms with Gasteiger partial charge in [0, 0.05) is 36.4 Å². The summed E-state index contributed by atoms with van der Waals surface area (Å²) in [5.41, 5.74) is 3.92. The maximum atomic E-state index is 5.66. The highest BCUT2D eigenvalue weighted by Crippen LogP contribution is 2.46. The molecule has 0 unspecified atom stereocenters. The lowest BCUT2D eigenvalue weighted by atomic mass is 9.74. The Morgan fingerprint density at radius 2 is 1.57 bits per heavy atom. The first-order chi connectivity index (χ1) is 17.1. The van der Waals surface area contributed by atoms with Gasteiger partial charge < -0.3 is 18.9 Å². The van der Waals surface area contributed by atoms with Crippen LogP contribution in [0, 0.1) is 11.8 Å². The molecule has 2 aliphatic rings. The third-order valence-corrected chi connectivity index (χ3v) is 8.11. The molecular weight excluding hydrogens is 440 g/mol. The molecule has 6 nitrogen and oxygen atoms in total. The summed E-state index contributed by atoms with van der Waals surface area (Å²) in [5, 5.41) is 2.29. The quantitative estimate of drug-likeness (QED) is 0.452. The second kappa shape index (κ2) is 9.94. The molecule has 186 valence electrons. The highest BCUT2D eigenvalue weighted by molar-refractivity contribution is 5.88. The lowest BCUT2D eigenvalue weighted by Gasteiger charge is -2.47. The van der Waals surface area contributed by atoms with Gasteiger partial charge >= 0.3 is 0 Å². The van der Waals surface area contributed by atoms with E-state index < -0.39 is 0 Å². The maximum absolute atomic E-state index is 5.66. The van der Waals surface area contributed by atoms with Gasteiger partial charge in [0.25, 0.3) is 0 Å². The number of nitrogens with zero attached hydrogens (tertiary/aromatic N) is 2. The Morgan fingerprint density at radius 1 is 0.886 bits per heavy atom. The van der Waals surface area contributed by atoms with Crippen molar-refractivity contribution in [3.8, 4) is 23.0 Å². The van der Waals surface area contributed by atoms with Gasteiger partial charge in [0.05, 0.1) is 28.4 Å². The van der Waals surface area contributed by atoms with Crippen LogP contribution in [0.3, 0.4) is 0 Å². The Hall–Kier alpha value is -2.99. The lowest BCUT2D eigenvalue weighted by molar-refractivity contribution is 0.0517. The standard InChI is InChI=1S/C29H36N2O4/c1-6-18-17-31-10-8-20-14-27(33-3)29(35-5)16-23(20)25(31)12-21(18)11-24-22-15-28(34-4)26(32-2)13-19(22)7-9-30-24/h7,9,13-16,18,21,25H,6,8,10-12,17H2,1-5H3/t18-,21+,25+/m1/s1. The summed E-state index contributed by atoms with van der Waals surface area (Å²) in [6, 6.07) is 11.0. The second-order valence-electron chi connectivity index (χ2n) is 9.72. The largest absolute Gasteiger partial charge is 0.493 e. The fourth-order valence-electron chi connectivity index (χ4n) is 6.19. The molecule has 0 radical (unpaired) electrons. The molecule has 5 rings (SSSR count). The minimum absolute atomic E-state index is 0.399. The molecule has 6 heteroatoms. The van der Waals surface area contributed by atoms with Gasteiger partial charge in [-0.2, -0.15) is 0 Å². The summed E-state index contributed by atoms with van der Waals surface area (Å²) in [6.07, 6.45) is 6.23. The maximum Gasteiger partial charge on any atom is 0.161 e. The normalized spacial score (nSPS) is 21.8. The molecule has 1 saturated heterocycles. The molecule has 2 aliphatic heterocycles. The predicted molar refractivity (Wildman–Crippen MR) is 138 cm³/mol. The van der Waals surface area contributed by atoms with Gasteiger partial charge in [0.2, 0.25) is 0 Å². The first-order valence-corrected chi connectivity index (χ1v) is 12.6. The number of piperidine rings is 1. The van der Waals surface area contributed by atoms with Crippen LogP contribution in [0.4, 0.5) is 0 Å². The fraction of sp³-hybridized carbons (Fsp3) is 0.483. The third kappa shape index (κ3) is 4.29. The van der Waals surface area contributed by atoms with E-state index in [0.29, 0.717) is 17.9 Å². The van der Waals surface area contributed by atoms with Crippen molar-refractivity contribution in [2.24, 2.45) is 11.8 Å². The minimum Gasteiger partial charge on any atom is -0.493 e. The van der Waals surface area contributed by atoms with E-state index in [1.165, 1.54) is 17.5 Å². The van der Waals surface area contributed by atoms with E-state index in [-0.39, 0.29) is 0 Å². The van der Waals surface area contributed by atoms with Crippen molar-refractivity contribution >= 4 is 10.8 Å². The predicted octanol–water partition coefficient (Wildman–Crippen LogP) is 5.46. The molecule has 1 fully saturated rings. The molecule has 0 saturated carbocycles. The molecule has 0 aliphatic carbocycles. The van der Waals surface area contributed by atoms with Gasteiger partial charge in [-0.05, 0) is 77.9 Å². The summed E-state index contributed by atoms with van der Waals surface area (Å²) in [5.74, 6) is 4.33. The summed E-state index contributed by atoms with van der Waals surface area (Å²) in [7, 11) is 6.80. The van der Waals surface area contributed by atoms with Crippen LogP contribution in [0.2, 0.25) is 0 Å². The van der Waals surface area contributed by atoms with Crippen molar-refractivity contribution in [1.82, 2.24) is 9.88 Å². The van der Waals surface area contributed by atoms with E-state index >= 15 is 0 Å². The lowest BCUT2D eigenvalue weighted by Crippen LogP contribution is -2.46. The number of benzene rings is 2. The molecular formula is C29H36N2O4. The van der Waals surface area contributed by atoms with Crippen molar-refractivity contribution in [2.75, 3.05) is 41.5 Å². The van der Waals surface area contributed by atoms with Crippen LogP contribution in [0.1, 0.15) is 42.6 Å². The summed E-state index contributed by atoms with van der Waals surface area (Å²) in [4.78, 5) is 7.54. The van der Waals surface area contributed by atoms with Crippen molar-refractivity contribution < 1.29 is 18.9 Å². The number of aromatic nitrogens is 1. The van der Waals surface area contributed by atoms with Crippen molar-refractivity contribution in [3.63, 3.8) is 0 Å². The zero-order valence-corrected chi connectivity index (χ0v) is 21.5. The smallest absolute Gasteiger partial charge is 0.161 e. The van der Waals surface area contributed by atoms with Gasteiger partial charge in [-0.25, -0.2) is 0 Å². The first kappa shape index (κ1) is 23.7. The fourth-order valence-corrected chi connectivity index (χ4v) is 6.19.